The van der Waals surface area contributed by atoms with Gasteiger partial charge in [-0.2, -0.15) is 0 Å². The fourth-order valence-corrected chi connectivity index (χ4v) is 3.90. The molecule has 174 valence electrons. The molecule has 1 unspecified atom stereocenters. The van der Waals surface area contributed by atoms with Crippen molar-refractivity contribution in [3.63, 3.8) is 0 Å². The van der Waals surface area contributed by atoms with Crippen LogP contribution < -0.4 is 15.0 Å². The lowest BCUT2D eigenvalue weighted by molar-refractivity contribution is -0.124. The minimum absolute atomic E-state index is 0.170. The molecule has 1 aliphatic heterocycles. The van der Waals surface area contributed by atoms with E-state index in [9.17, 15) is 14.4 Å². The van der Waals surface area contributed by atoms with Crippen LogP contribution in [-0.4, -0.2) is 47.4 Å². The van der Waals surface area contributed by atoms with E-state index in [0.717, 1.165) is 10.5 Å². The van der Waals surface area contributed by atoms with Crippen LogP contribution in [0.4, 0.5) is 16.2 Å². The van der Waals surface area contributed by atoms with E-state index in [1.165, 1.54) is 4.90 Å². The van der Waals surface area contributed by atoms with Gasteiger partial charge in [0, 0.05) is 29.6 Å². The molecule has 1 N–H and O–H groups in total. The Morgan fingerprint density at radius 2 is 1.71 bits per heavy atom. The Bertz CT molecular complexity index is 1170. The number of ether oxygens (including phenoxy) is 1. The van der Waals surface area contributed by atoms with Gasteiger partial charge in [-0.25, -0.2) is 9.69 Å². The average Bonchev–Trinajstić information content (AvgIpc) is 3.08. The highest BCUT2D eigenvalue weighted by molar-refractivity contribution is 6.30. The highest BCUT2D eigenvalue weighted by atomic mass is 35.5. The fraction of sp³-hybridized carbons (Fsp3) is 0.200. The van der Waals surface area contributed by atoms with Gasteiger partial charge >= 0.3 is 6.03 Å². The summed E-state index contributed by atoms with van der Waals surface area (Å²) in [6, 6.07) is 15.6. The van der Waals surface area contributed by atoms with E-state index in [4.69, 9.17) is 16.3 Å². The van der Waals surface area contributed by atoms with Crippen LogP contribution in [0.2, 0.25) is 5.02 Å². The molecule has 2 heterocycles. The van der Waals surface area contributed by atoms with Gasteiger partial charge in [-0.3, -0.25) is 14.6 Å². The maximum absolute atomic E-state index is 13.3. The second kappa shape index (κ2) is 10.4. The van der Waals surface area contributed by atoms with Gasteiger partial charge in [0.2, 0.25) is 5.91 Å². The quantitative estimate of drug-likeness (QED) is 0.491. The van der Waals surface area contributed by atoms with Crippen molar-refractivity contribution in [2.75, 3.05) is 23.9 Å². The van der Waals surface area contributed by atoms with E-state index in [1.807, 2.05) is 12.1 Å². The molecule has 9 heteroatoms. The monoisotopic (exact) mass is 478 g/mol. The molecule has 3 aromatic rings. The zero-order valence-corrected chi connectivity index (χ0v) is 19.2. The van der Waals surface area contributed by atoms with Crippen molar-refractivity contribution in [1.82, 2.24) is 9.88 Å². The van der Waals surface area contributed by atoms with E-state index in [1.54, 1.807) is 68.0 Å². The van der Waals surface area contributed by atoms with Gasteiger partial charge in [-0.1, -0.05) is 11.6 Å². The fourth-order valence-electron chi connectivity index (χ4n) is 3.78. The number of urea groups is 1. The third-order valence-electron chi connectivity index (χ3n) is 5.55. The number of hydrogen-bond donors (Lipinski definition) is 1. The largest absolute Gasteiger partial charge is 0.497 e. The van der Waals surface area contributed by atoms with Crippen molar-refractivity contribution in [2.45, 2.75) is 18.9 Å². The number of nitrogens with one attached hydrogen (secondary N) is 1. The number of aromatic nitrogens is 1. The SMILES string of the molecule is COc1ccc(NC(=O)CC2C(=O)N(c3ccc(Cl)cc3)C(=O)N2CCc2ccncc2)cc1. The molecule has 8 nitrogen and oxygen atoms in total. The molecule has 1 aromatic heterocycles. The lowest BCUT2D eigenvalue weighted by atomic mass is 10.1. The molecule has 1 saturated heterocycles. The number of nitrogens with zero attached hydrogens (tertiary/aromatic N) is 3. The Morgan fingerprint density at radius 1 is 1.03 bits per heavy atom. The summed E-state index contributed by atoms with van der Waals surface area (Å²) < 4.78 is 5.13. The van der Waals surface area contributed by atoms with Gasteiger partial charge in [0.05, 0.1) is 19.2 Å². The molecule has 0 saturated carbocycles. The number of benzene rings is 2. The number of imide groups is 1. The number of halogens is 1. The smallest absolute Gasteiger partial charge is 0.332 e. The second-order valence-electron chi connectivity index (χ2n) is 7.73. The molecule has 2 aromatic carbocycles. The van der Waals surface area contributed by atoms with Gasteiger partial charge in [0.15, 0.2) is 0 Å². The summed E-state index contributed by atoms with van der Waals surface area (Å²) in [5.41, 5.74) is 1.95. The normalized spacial score (nSPS) is 15.5. The van der Waals surface area contributed by atoms with E-state index >= 15 is 0 Å². The van der Waals surface area contributed by atoms with Crippen molar-refractivity contribution in [3.05, 3.63) is 83.6 Å². The number of pyridine rings is 1. The number of hydrogen-bond acceptors (Lipinski definition) is 5. The van der Waals surface area contributed by atoms with Crippen LogP contribution in [0.15, 0.2) is 73.1 Å². The van der Waals surface area contributed by atoms with E-state index < -0.39 is 18.0 Å². The zero-order valence-electron chi connectivity index (χ0n) is 18.5. The lowest BCUT2D eigenvalue weighted by Gasteiger charge is -2.21. The van der Waals surface area contributed by atoms with Crippen LogP contribution in [-0.2, 0) is 16.0 Å². The standard InChI is InChI=1S/C25H23ClN4O4/c1-34-21-8-4-19(5-9-21)28-23(31)16-22-24(32)30(20-6-2-18(26)3-7-20)25(33)29(22)15-12-17-10-13-27-14-11-17/h2-11,13-14,22H,12,15-16H2,1H3,(H,28,31). The Balaban J connectivity index is 1.53. The highest BCUT2D eigenvalue weighted by Gasteiger charge is 2.46. The predicted octanol–water partition coefficient (Wildman–Crippen LogP) is 4.15. The van der Waals surface area contributed by atoms with Crippen molar-refractivity contribution in [2.24, 2.45) is 0 Å². The second-order valence-corrected chi connectivity index (χ2v) is 8.16. The molecular weight excluding hydrogens is 456 g/mol. The number of amides is 4. The van der Waals surface area contributed by atoms with Gasteiger partial charge < -0.3 is 15.0 Å². The summed E-state index contributed by atoms with van der Waals surface area (Å²) in [5.74, 6) is -0.162. The average molecular weight is 479 g/mol. The van der Waals surface area contributed by atoms with Crippen LogP contribution in [0.3, 0.4) is 0 Å². The predicted molar refractivity (Wildman–Crippen MR) is 129 cm³/mol. The Morgan fingerprint density at radius 3 is 2.35 bits per heavy atom. The van der Waals surface area contributed by atoms with Crippen LogP contribution >= 0.6 is 11.6 Å². The van der Waals surface area contributed by atoms with E-state index in [0.29, 0.717) is 28.6 Å². The lowest BCUT2D eigenvalue weighted by Crippen LogP contribution is -2.39. The van der Waals surface area contributed by atoms with Gasteiger partial charge in [-0.05, 0) is 72.6 Å². The van der Waals surface area contributed by atoms with Crippen molar-refractivity contribution in [3.8, 4) is 5.75 Å². The van der Waals surface area contributed by atoms with Crippen LogP contribution in [0, 0.1) is 0 Å². The number of carbonyl (C=O) groups is 3. The Labute approximate surface area is 202 Å². The summed E-state index contributed by atoms with van der Waals surface area (Å²) in [4.78, 5) is 46.0. The van der Waals surface area contributed by atoms with Crippen molar-refractivity contribution < 1.29 is 19.1 Å². The Kier molecular flexibility index (Phi) is 7.08. The van der Waals surface area contributed by atoms with E-state index in [2.05, 4.69) is 10.3 Å². The van der Waals surface area contributed by atoms with Crippen LogP contribution in [0.1, 0.15) is 12.0 Å². The molecule has 1 atom stereocenters. The minimum Gasteiger partial charge on any atom is -0.497 e. The minimum atomic E-state index is -0.928. The Hall–Kier alpha value is -3.91. The third kappa shape index (κ3) is 5.18. The summed E-state index contributed by atoms with van der Waals surface area (Å²) >= 11 is 5.97. The summed E-state index contributed by atoms with van der Waals surface area (Å²) in [6.45, 7) is 0.277. The third-order valence-corrected chi connectivity index (χ3v) is 5.80. The first kappa shape index (κ1) is 23.3. The number of rotatable bonds is 8. The molecule has 0 bridgehead atoms. The van der Waals surface area contributed by atoms with Crippen molar-refractivity contribution >= 4 is 40.8 Å². The number of methoxy groups -OCH3 is 1. The first-order valence-corrected chi connectivity index (χ1v) is 11.1. The first-order chi connectivity index (χ1) is 16.5. The molecular formula is C25H23ClN4O4. The molecule has 4 rings (SSSR count). The van der Waals surface area contributed by atoms with E-state index in [-0.39, 0.29) is 18.9 Å². The van der Waals surface area contributed by atoms with Crippen molar-refractivity contribution in [1.29, 1.82) is 0 Å². The van der Waals surface area contributed by atoms with Gasteiger partial charge in [-0.15, -0.1) is 0 Å². The molecule has 0 aliphatic carbocycles. The van der Waals surface area contributed by atoms with Crippen LogP contribution in [0.25, 0.3) is 0 Å². The number of carbonyl (C=O) groups excluding carboxylic acids is 3. The molecule has 0 radical (unpaired) electrons. The summed E-state index contributed by atoms with van der Waals surface area (Å²) in [5, 5.41) is 3.28. The van der Waals surface area contributed by atoms with Gasteiger partial charge in [0.1, 0.15) is 11.8 Å². The zero-order chi connectivity index (χ0) is 24.1. The topological polar surface area (TPSA) is 91.8 Å². The molecule has 1 aliphatic rings. The van der Waals surface area contributed by atoms with Gasteiger partial charge in [0.25, 0.3) is 5.91 Å². The van der Waals surface area contributed by atoms with Crippen LogP contribution in [0.5, 0.6) is 5.75 Å². The summed E-state index contributed by atoms with van der Waals surface area (Å²) in [6.07, 6.45) is 3.70. The maximum Gasteiger partial charge on any atom is 0.332 e. The highest BCUT2D eigenvalue weighted by Crippen LogP contribution is 2.28. The first-order valence-electron chi connectivity index (χ1n) is 10.7. The molecule has 34 heavy (non-hydrogen) atoms. The molecule has 4 amide bonds. The molecule has 1 fully saturated rings. The summed E-state index contributed by atoms with van der Waals surface area (Å²) in [7, 11) is 1.56. The maximum atomic E-state index is 13.3. The number of anilines is 2. The molecule has 0 spiro atoms.